The van der Waals surface area contributed by atoms with Crippen molar-refractivity contribution < 1.29 is 17.7 Å². The maximum absolute atomic E-state index is 13.1. The average Bonchev–Trinajstić information content (AvgIpc) is 2.98. The molecule has 0 bridgehead atoms. The topological polar surface area (TPSA) is 92.5 Å². The number of nitrogens with zero attached hydrogens (tertiary/aromatic N) is 2. The second kappa shape index (κ2) is 8.67. The van der Waals surface area contributed by atoms with Gasteiger partial charge in [0.05, 0.1) is 10.6 Å². The minimum atomic E-state index is -3.55. The van der Waals surface area contributed by atoms with E-state index in [2.05, 4.69) is 10.5 Å². The van der Waals surface area contributed by atoms with Crippen molar-refractivity contribution in [1.29, 1.82) is 0 Å². The number of carbonyl (C=O) groups is 1. The number of hydrogen-bond donors (Lipinski definition) is 1. The van der Waals surface area contributed by atoms with Gasteiger partial charge in [-0.3, -0.25) is 4.79 Å². The summed E-state index contributed by atoms with van der Waals surface area (Å²) >= 11 is 0. The van der Waals surface area contributed by atoms with Crippen molar-refractivity contribution in [3.05, 3.63) is 41.3 Å². The highest BCUT2D eigenvalue weighted by atomic mass is 32.2. The lowest BCUT2D eigenvalue weighted by atomic mass is 10.0. The number of hydrogen-bond acceptors (Lipinski definition) is 5. The fraction of sp³-hybridized carbons (Fsp3) is 0.524. The lowest BCUT2D eigenvalue weighted by Gasteiger charge is -2.37. The van der Waals surface area contributed by atoms with Gasteiger partial charge < -0.3 is 9.84 Å². The predicted molar refractivity (Wildman–Crippen MR) is 111 cm³/mol. The van der Waals surface area contributed by atoms with E-state index in [1.54, 1.807) is 28.6 Å². The zero-order valence-electron chi connectivity index (χ0n) is 17.4. The maximum atomic E-state index is 13.1. The Balaban J connectivity index is 1.64. The molecular weight excluding hydrogens is 390 g/mol. The van der Waals surface area contributed by atoms with Crippen molar-refractivity contribution in [3.63, 3.8) is 0 Å². The molecule has 0 radical (unpaired) electrons. The molecule has 0 saturated carbocycles. The van der Waals surface area contributed by atoms with Gasteiger partial charge >= 0.3 is 0 Å². The van der Waals surface area contributed by atoms with Crippen LogP contribution >= 0.6 is 0 Å². The minimum absolute atomic E-state index is 0.00699. The molecule has 0 unspecified atom stereocenters. The first-order chi connectivity index (χ1) is 13.7. The molecule has 1 aromatic carbocycles. The van der Waals surface area contributed by atoms with Crippen molar-refractivity contribution in [2.75, 3.05) is 5.32 Å². The lowest BCUT2D eigenvalue weighted by Crippen LogP contribution is -2.47. The van der Waals surface area contributed by atoms with Crippen LogP contribution in [0.5, 0.6) is 0 Å². The molecule has 3 rings (SSSR count). The third kappa shape index (κ3) is 4.70. The SMILES string of the molecule is Cc1noc(C)c1CCC(=O)Nc1ccc(S(=O)(=O)N2[C@H](C)CCC[C@H]2C)cc1. The van der Waals surface area contributed by atoms with Gasteiger partial charge in [-0.25, -0.2) is 8.42 Å². The molecule has 1 aromatic heterocycles. The third-order valence-corrected chi connectivity index (χ3v) is 7.75. The first-order valence-corrected chi connectivity index (χ1v) is 11.5. The van der Waals surface area contributed by atoms with Crippen LogP contribution in [0.15, 0.2) is 33.7 Å². The Morgan fingerprint density at radius 3 is 2.34 bits per heavy atom. The summed E-state index contributed by atoms with van der Waals surface area (Å²) in [4.78, 5) is 12.5. The molecule has 1 amide bonds. The Labute approximate surface area is 172 Å². The van der Waals surface area contributed by atoms with Crippen molar-refractivity contribution >= 4 is 21.6 Å². The molecule has 2 atom stereocenters. The quantitative estimate of drug-likeness (QED) is 0.768. The van der Waals surface area contributed by atoms with Crippen molar-refractivity contribution in [2.24, 2.45) is 0 Å². The normalized spacial score (nSPS) is 20.6. The Morgan fingerprint density at radius 2 is 1.79 bits per heavy atom. The molecule has 2 aromatic rings. The van der Waals surface area contributed by atoms with Crippen LogP contribution in [0.4, 0.5) is 5.69 Å². The number of benzene rings is 1. The van der Waals surface area contributed by atoms with E-state index in [0.29, 0.717) is 18.5 Å². The molecule has 1 saturated heterocycles. The van der Waals surface area contributed by atoms with Gasteiger partial charge in [0.1, 0.15) is 5.76 Å². The summed E-state index contributed by atoms with van der Waals surface area (Å²) in [6.45, 7) is 7.60. The number of amides is 1. The molecule has 1 N–H and O–H groups in total. The lowest BCUT2D eigenvalue weighted by molar-refractivity contribution is -0.116. The fourth-order valence-electron chi connectivity index (χ4n) is 4.02. The molecule has 8 heteroatoms. The van der Waals surface area contributed by atoms with E-state index in [9.17, 15) is 13.2 Å². The van der Waals surface area contributed by atoms with E-state index >= 15 is 0 Å². The van der Waals surface area contributed by atoms with Gasteiger partial charge in [-0.1, -0.05) is 11.6 Å². The van der Waals surface area contributed by atoms with E-state index in [1.807, 2.05) is 27.7 Å². The first kappa shape index (κ1) is 21.5. The summed E-state index contributed by atoms with van der Waals surface area (Å²) < 4.78 is 32.9. The Morgan fingerprint density at radius 1 is 1.17 bits per heavy atom. The highest BCUT2D eigenvalue weighted by molar-refractivity contribution is 7.89. The molecule has 0 spiro atoms. The van der Waals surface area contributed by atoms with Gasteiger partial charge in [0.15, 0.2) is 0 Å². The van der Waals surface area contributed by atoms with Crippen LogP contribution in [0.1, 0.15) is 56.5 Å². The second-order valence-electron chi connectivity index (χ2n) is 7.84. The van der Waals surface area contributed by atoms with Crippen LogP contribution in [-0.4, -0.2) is 35.9 Å². The van der Waals surface area contributed by atoms with Crippen LogP contribution in [-0.2, 0) is 21.2 Å². The monoisotopic (exact) mass is 419 g/mol. The summed E-state index contributed by atoms with van der Waals surface area (Å²) in [6.07, 6.45) is 3.65. The van der Waals surface area contributed by atoms with Gasteiger partial charge in [0.25, 0.3) is 0 Å². The van der Waals surface area contributed by atoms with E-state index in [-0.39, 0.29) is 22.9 Å². The minimum Gasteiger partial charge on any atom is -0.361 e. The largest absolute Gasteiger partial charge is 0.361 e. The fourth-order valence-corrected chi connectivity index (χ4v) is 5.91. The zero-order chi connectivity index (χ0) is 21.2. The highest BCUT2D eigenvalue weighted by Gasteiger charge is 2.35. The number of aryl methyl sites for hydroxylation is 2. The van der Waals surface area contributed by atoms with Gasteiger partial charge in [-0.15, -0.1) is 0 Å². The number of carbonyl (C=O) groups excluding carboxylic acids is 1. The van der Waals surface area contributed by atoms with Crippen molar-refractivity contribution in [3.8, 4) is 0 Å². The van der Waals surface area contributed by atoms with Gasteiger partial charge in [0, 0.05) is 29.8 Å². The van der Waals surface area contributed by atoms with E-state index in [4.69, 9.17) is 4.52 Å². The zero-order valence-corrected chi connectivity index (χ0v) is 18.3. The number of anilines is 1. The van der Waals surface area contributed by atoms with Gasteiger partial charge in [-0.05, 0) is 71.2 Å². The molecule has 1 fully saturated rings. The number of aromatic nitrogens is 1. The Kier molecular flexibility index (Phi) is 6.43. The van der Waals surface area contributed by atoms with E-state index < -0.39 is 10.0 Å². The molecule has 7 nitrogen and oxygen atoms in total. The number of piperidine rings is 1. The van der Waals surface area contributed by atoms with Crippen LogP contribution in [0.2, 0.25) is 0 Å². The van der Waals surface area contributed by atoms with Crippen molar-refractivity contribution in [1.82, 2.24) is 9.46 Å². The molecule has 0 aliphatic carbocycles. The van der Waals surface area contributed by atoms with Crippen molar-refractivity contribution in [2.45, 2.75) is 76.8 Å². The van der Waals surface area contributed by atoms with Crippen LogP contribution < -0.4 is 5.32 Å². The summed E-state index contributed by atoms with van der Waals surface area (Å²) in [6, 6.07) is 6.39. The number of sulfonamides is 1. The van der Waals surface area contributed by atoms with Gasteiger partial charge in [-0.2, -0.15) is 4.31 Å². The summed E-state index contributed by atoms with van der Waals surface area (Å²) in [5, 5.41) is 6.71. The molecule has 29 heavy (non-hydrogen) atoms. The maximum Gasteiger partial charge on any atom is 0.243 e. The second-order valence-corrected chi connectivity index (χ2v) is 9.68. The smallest absolute Gasteiger partial charge is 0.243 e. The van der Waals surface area contributed by atoms with Crippen LogP contribution in [0.25, 0.3) is 0 Å². The molecule has 158 valence electrons. The molecular formula is C21H29N3O4S. The highest BCUT2D eigenvalue weighted by Crippen LogP contribution is 2.30. The summed E-state index contributed by atoms with van der Waals surface area (Å²) in [7, 11) is -3.55. The molecule has 1 aliphatic heterocycles. The number of nitrogens with one attached hydrogen (secondary N) is 1. The predicted octanol–water partition coefficient (Wildman–Crippen LogP) is 3.81. The first-order valence-electron chi connectivity index (χ1n) is 10.1. The molecule has 2 heterocycles. The number of rotatable bonds is 6. The van der Waals surface area contributed by atoms with Crippen LogP contribution in [0, 0.1) is 13.8 Å². The van der Waals surface area contributed by atoms with E-state index in [1.165, 1.54) is 0 Å². The standard InChI is InChI=1S/C21H29N3O4S/c1-14-6-5-7-15(2)24(14)29(26,27)19-10-8-18(9-11-19)22-21(25)13-12-20-16(3)23-28-17(20)4/h8-11,14-15H,5-7,12-13H2,1-4H3,(H,22,25)/t14-,15-/m1/s1. The van der Waals surface area contributed by atoms with E-state index in [0.717, 1.165) is 36.3 Å². The van der Waals surface area contributed by atoms with Gasteiger partial charge in [0.2, 0.25) is 15.9 Å². The Bertz CT molecular complexity index is 937. The summed E-state index contributed by atoms with van der Waals surface area (Å²) in [5.74, 6) is 0.588. The average molecular weight is 420 g/mol. The Hall–Kier alpha value is -2.19. The third-order valence-electron chi connectivity index (χ3n) is 5.61. The molecule has 1 aliphatic rings. The summed E-state index contributed by atoms with van der Waals surface area (Å²) in [5.41, 5.74) is 2.32. The van der Waals surface area contributed by atoms with Crippen LogP contribution in [0.3, 0.4) is 0 Å².